The number of thiophene rings is 1. The van der Waals surface area contributed by atoms with E-state index in [1.165, 1.54) is 34.8 Å². The number of amides is 1. The first-order valence-electron chi connectivity index (χ1n) is 10.5. The number of fused-ring (bicyclic) bond motifs is 1. The number of rotatable bonds is 4. The molecular formula is C22H23F3N4OS2. The zero-order chi connectivity index (χ0) is 22.5. The van der Waals surface area contributed by atoms with Gasteiger partial charge in [-0.3, -0.25) is 19.6 Å². The highest BCUT2D eigenvalue weighted by Crippen LogP contribution is 2.37. The van der Waals surface area contributed by atoms with E-state index < -0.39 is 11.7 Å². The van der Waals surface area contributed by atoms with E-state index in [2.05, 4.69) is 14.8 Å². The van der Waals surface area contributed by atoms with Gasteiger partial charge in [0.15, 0.2) is 0 Å². The van der Waals surface area contributed by atoms with E-state index in [0.717, 1.165) is 61.6 Å². The van der Waals surface area contributed by atoms with E-state index in [1.54, 1.807) is 17.8 Å². The number of piperazine rings is 1. The summed E-state index contributed by atoms with van der Waals surface area (Å²) in [6.45, 7) is 8.00. The first-order chi connectivity index (χ1) is 15.3. The summed E-state index contributed by atoms with van der Waals surface area (Å²) in [6, 6.07) is 4.44. The largest absolute Gasteiger partial charge is 0.416 e. The van der Waals surface area contributed by atoms with Crippen LogP contribution in [-0.2, 0) is 12.7 Å². The van der Waals surface area contributed by atoms with Gasteiger partial charge in [-0.15, -0.1) is 22.7 Å². The van der Waals surface area contributed by atoms with Crippen molar-refractivity contribution in [2.24, 2.45) is 0 Å². The van der Waals surface area contributed by atoms with E-state index in [1.807, 2.05) is 11.8 Å². The molecule has 5 nitrogen and oxygen atoms in total. The summed E-state index contributed by atoms with van der Waals surface area (Å²) in [7, 11) is 0. The van der Waals surface area contributed by atoms with E-state index in [9.17, 15) is 18.0 Å². The Morgan fingerprint density at radius 2 is 1.94 bits per heavy atom. The van der Waals surface area contributed by atoms with Crippen molar-refractivity contribution in [2.45, 2.75) is 25.7 Å². The van der Waals surface area contributed by atoms with Crippen molar-refractivity contribution in [1.82, 2.24) is 19.7 Å². The van der Waals surface area contributed by atoms with Crippen LogP contribution in [0, 0.1) is 6.92 Å². The zero-order valence-electron chi connectivity index (χ0n) is 17.6. The van der Waals surface area contributed by atoms with Crippen molar-refractivity contribution in [1.29, 1.82) is 0 Å². The Labute approximate surface area is 192 Å². The van der Waals surface area contributed by atoms with Crippen LogP contribution in [0.3, 0.4) is 0 Å². The van der Waals surface area contributed by atoms with Gasteiger partial charge in [-0.2, -0.15) is 13.2 Å². The molecule has 0 unspecified atom stereocenters. The lowest BCUT2D eigenvalue weighted by atomic mass is 10.1. The Bertz CT molecular complexity index is 1110. The van der Waals surface area contributed by atoms with Crippen LogP contribution in [0.1, 0.15) is 25.7 Å². The fourth-order valence-corrected chi connectivity index (χ4v) is 6.30. The number of halogens is 3. The molecule has 1 aromatic carbocycles. The summed E-state index contributed by atoms with van der Waals surface area (Å²) in [5.74, 6) is 0.0660. The van der Waals surface area contributed by atoms with Gasteiger partial charge in [0.05, 0.1) is 17.3 Å². The maximum atomic E-state index is 13.0. The average Bonchev–Trinajstić information content (AvgIpc) is 3.36. The Morgan fingerprint density at radius 3 is 2.59 bits per heavy atom. The quantitative estimate of drug-likeness (QED) is 0.558. The summed E-state index contributed by atoms with van der Waals surface area (Å²) in [5, 5.41) is 0.914. The van der Waals surface area contributed by atoms with Crippen LogP contribution in [0.5, 0.6) is 0 Å². The van der Waals surface area contributed by atoms with Crippen molar-refractivity contribution in [3.63, 3.8) is 0 Å². The molecule has 2 fully saturated rings. The van der Waals surface area contributed by atoms with Gasteiger partial charge >= 0.3 is 6.18 Å². The number of aromatic nitrogens is 1. The highest BCUT2D eigenvalue weighted by Gasteiger charge is 2.37. The first-order valence-corrected chi connectivity index (χ1v) is 12.2. The van der Waals surface area contributed by atoms with Crippen molar-refractivity contribution >= 4 is 38.7 Å². The molecule has 0 atom stereocenters. The maximum absolute atomic E-state index is 13.0. The van der Waals surface area contributed by atoms with Crippen LogP contribution >= 0.6 is 22.7 Å². The predicted molar refractivity (Wildman–Crippen MR) is 120 cm³/mol. The molecule has 32 heavy (non-hydrogen) atoms. The van der Waals surface area contributed by atoms with Crippen molar-refractivity contribution in [3.8, 4) is 0 Å². The number of alkyl halides is 3. The standard InChI is InChI=1S/C22H23F3N4OS2/c1-14-17-3-2-15(22(23,24)25)8-18(17)32-20(14)12-27-4-6-28(7-5-27)16-10-29(11-16)21(30)19-9-26-13-31-19/h2-3,8-9,13,16H,4-7,10-12H2,1H3. The number of aryl methyl sites for hydroxylation is 1. The van der Waals surface area contributed by atoms with E-state index in [0.29, 0.717) is 15.6 Å². The van der Waals surface area contributed by atoms with Gasteiger partial charge in [-0.25, -0.2) is 0 Å². The van der Waals surface area contributed by atoms with Crippen LogP contribution < -0.4 is 0 Å². The Hall–Kier alpha value is -2.01. The smallest absolute Gasteiger partial charge is 0.335 e. The Balaban J connectivity index is 1.16. The third kappa shape index (κ3) is 4.16. The molecule has 5 rings (SSSR count). The molecule has 0 aliphatic carbocycles. The normalized spacial score (nSPS) is 18.9. The Morgan fingerprint density at radius 1 is 1.19 bits per heavy atom. The minimum absolute atomic E-state index is 0.0660. The van der Waals surface area contributed by atoms with Crippen LogP contribution in [0.15, 0.2) is 29.9 Å². The molecule has 2 aliphatic rings. The summed E-state index contributed by atoms with van der Waals surface area (Å²) in [4.78, 5) is 24.9. The second-order valence-corrected chi connectivity index (χ2v) is 10.4. The fraction of sp³-hybridized carbons (Fsp3) is 0.455. The molecule has 1 amide bonds. The van der Waals surface area contributed by atoms with E-state index in [-0.39, 0.29) is 5.91 Å². The SMILES string of the molecule is Cc1c(CN2CCN(C3CN(C(=O)c4cncs4)C3)CC2)sc2cc(C(F)(F)F)ccc12. The monoisotopic (exact) mass is 480 g/mol. The number of carbonyl (C=O) groups is 1. The Kier molecular flexibility index (Phi) is 5.73. The van der Waals surface area contributed by atoms with Gasteiger partial charge in [0, 0.05) is 61.4 Å². The number of thiazole rings is 1. The molecule has 2 aromatic heterocycles. The number of hydrogen-bond acceptors (Lipinski definition) is 6. The lowest BCUT2D eigenvalue weighted by molar-refractivity contribution is -0.137. The molecule has 4 heterocycles. The number of nitrogens with zero attached hydrogens (tertiary/aromatic N) is 4. The predicted octanol–water partition coefficient (Wildman–Crippen LogP) is 4.33. The molecule has 0 N–H and O–H groups in total. The molecule has 2 aliphatic heterocycles. The zero-order valence-corrected chi connectivity index (χ0v) is 19.2. The number of carbonyl (C=O) groups excluding carboxylic acids is 1. The molecule has 0 radical (unpaired) electrons. The van der Waals surface area contributed by atoms with Crippen LogP contribution in [-0.4, -0.2) is 70.9 Å². The van der Waals surface area contributed by atoms with Crippen molar-refractivity contribution < 1.29 is 18.0 Å². The molecule has 0 saturated carbocycles. The maximum Gasteiger partial charge on any atom is 0.416 e. The topological polar surface area (TPSA) is 39.7 Å². The number of benzene rings is 1. The average molecular weight is 481 g/mol. The number of hydrogen-bond donors (Lipinski definition) is 0. The second-order valence-electron chi connectivity index (χ2n) is 8.40. The molecule has 0 bridgehead atoms. The van der Waals surface area contributed by atoms with Gasteiger partial charge in [-0.1, -0.05) is 6.07 Å². The fourth-order valence-electron chi connectivity index (χ4n) is 4.42. The third-order valence-corrected chi connectivity index (χ3v) is 8.45. The van der Waals surface area contributed by atoms with Crippen molar-refractivity contribution in [2.75, 3.05) is 39.3 Å². The molecule has 0 spiro atoms. The number of likely N-dealkylation sites (tertiary alicyclic amines) is 1. The van der Waals surface area contributed by atoms with Crippen LogP contribution in [0.4, 0.5) is 13.2 Å². The molecule has 10 heteroatoms. The van der Waals surface area contributed by atoms with Gasteiger partial charge in [0.1, 0.15) is 4.88 Å². The van der Waals surface area contributed by atoms with Crippen molar-refractivity contribution in [3.05, 3.63) is 50.8 Å². The van der Waals surface area contributed by atoms with Crippen LogP contribution in [0.25, 0.3) is 10.1 Å². The minimum atomic E-state index is -4.31. The molecule has 170 valence electrons. The minimum Gasteiger partial charge on any atom is -0.335 e. The van der Waals surface area contributed by atoms with Crippen LogP contribution in [0.2, 0.25) is 0 Å². The summed E-state index contributed by atoms with van der Waals surface area (Å²) in [5.41, 5.74) is 2.17. The van der Waals surface area contributed by atoms with Gasteiger partial charge in [0.25, 0.3) is 5.91 Å². The van der Waals surface area contributed by atoms with Gasteiger partial charge in [0.2, 0.25) is 0 Å². The molecule has 2 saturated heterocycles. The van der Waals surface area contributed by atoms with E-state index >= 15 is 0 Å². The first kappa shape index (κ1) is 21.8. The summed E-state index contributed by atoms with van der Waals surface area (Å²) in [6.07, 6.45) is -2.69. The lowest BCUT2D eigenvalue weighted by Crippen LogP contribution is -2.64. The molecular weight excluding hydrogens is 457 g/mol. The third-order valence-electron chi connectivity index (χ3n) is 6.45. The lowest BCUT2D eigenvalue weighted by Gasteiger charge is -2.48. The highest BCUT2D eigenvalue weighted by molar-refractivity contribution is 7.19. The highest BCUT2D eigenvalue weighted by atomic mass is 32.1. The van der Waals surface area contributed by atoms with Gasteiger partial charge in [-0.05, 0) is 30.0 Å². The van der Waals surface area contributed by atoms with E-state index in [4.69, 9.17) is 0 Å². The summed E-state index contributed by atoms with van der Waals surface area (Å²) >= 11 is 2.84. The summed E-state index contributed by atoms with van der Waals surface area (Å²) < 4.78 is 39.8. The second kappa shape index (κ2) is 8.40. The van der Waals surface area contributed by atoms with Gasteiger partial charge < -0.3 is 4.90 Å². The molecule has 3 aromatic rings.